The van der Waals surface area contributed by atoms with Gasteiger partial charge in [-0.2, -0.15) is 0 Å². The van der Waals surface area contributed by atoms with Gasteiger partial charge in [-0.15, -0.1) is 0 Å². The minimum Gasteiger partial charge on any atom is -1.00 e. The Hall–Kier alpha value is -2.50. The number of benzene rings is 2. The molecule has 2 aromatic carbocycles. The highest BCUT2D eigenvalue weighted by molar-refractivity contribution is 6.15. The minimum absolute atomic E-state index is 0. The van der Waals surface area contributed by atoms with E-state index < -0.39 is 0 Å². The number of halogens is 1. The zero-order chi connectivity index (χ0) is 20.9. The van der Waals surface area contributed by atoms with E-state index in [1.165, 1.54) is 0 Å². The van der Waals surface area contributed by atoms with E-state index in [9.17, 15) is 9.59 Å². The van der Waals surface area contributed by atoms with Crippen LogP contribution in [0.15, 0.2) is 71.8 Å². The van der Waals surface area contributed by atoms with Crippen LogP contribution in [0.1, 0.15) is 17.5 Å². The molecule has 0 bridgehead atoms. The molecule has 3 rings (SSSR count). The van der Waals surface area contributed by atoms with Gasteiger partial charge in [-0.05, 0) is 23.3 Å². The summed E-state index contributed by atoms with van der Waals surface area (Å²) in [6, 6.07) is 19.6. The molecule has 0 aliphatic carbocycles. The highest BCUT2D eigenvalue weighted by Crippen LogP contribution is 2.23. The Morgan fingerprint density at radius 1 is 0.867 bits per heavy atom. The zero-order valence-corrected chi connectivity index (χ0v) is 19.4. The molecule has 30 heavy (non-hydrogen) atoms. The molecule has 0 unspecified atom stereocenters. The van der Waals surface area contributed by atoms with Crippen LogP contribution in [0.3, 0.4) is 0 Å². The third-order valence-electron chi connectivity index (χ3n) is 4.94. The number of nitrogens with zero attached hydrogens (tertiary/aromatic N) is 2. The van der Waals surface area contributed by atoms with E-state index in [1.54, 1.807) is 4.90 Å². The molecule has 0 atom stereocenters. The van der Waals surface area contributed by atoms with E-state index >= 15 is 0 Å². The summed E-state index contributed by atoms with van der Waals surface area (Å²) in [7, 11) is 6.23. The van der Waals surface area contributed by atoms with Crippen LogP contribution in [0.2, 0.25) is 0 Å². The van der Waals surface area contributed by atoms with Crippen LogP contribution in [0.5, 0.6) is 0 Å². The van der Waals surface area contributed by atoms with E-state index in [4.69, 9.17) is 0 Å². The van der Waals surface area contributed by atoms with Crippen molar-refractivity contribution < 1.29 is 31.1 Å². The summed E-state index contributed by atoms with van der Waals surface area (Å²) < 4.78 is 0.734. The van der Waals surface area contributed by atoms with E-state index in [-0.39, 0.29) is 28.7 Å². The van der Waals surface area contributed by atoms with Crippen molar-refractivity contribution in [1.29, 1.82) is 0 Å². The Kier molecular flexibility index (Phi) is 8.33. The number of piperidine rings is 1. The third kappa shape index (κ3) is 6.78. The molecule has 2 aromatic rings. The first kappa shape index (κ1) is 23.8. The van der Waals surface area contributed by atoms with Crippen LogP contribution in [-0.2, 0) is 9.59 Å². The summed E-state index contributed by atoms with van der Waals surface area (Å²) in [5.41, 5.74) is 3.25. The van der Waals surface area contributed by atoms with Crippen LogP contribution in [-0.4, -0.2) is 61.9 Å². The fourth-order valence-electron chi connectivity index (χ4n) is 3.31. The van der Waals surface area contributed by atoms with Gasteiger partial charge in [0.2, 0.25) is 5.91 Å². The van der Waals surface area contributed by atoms with Crippen LogP contribution < -0.4 is 17.0 Å². The Balaban J connectivity index is 0.00000320. The molecule has 0 aromatic heterocycles. The second-order valence-electron chi connectivity index (χ2n) is 8.50. The van der Waals surface area contributed by atoms with Crippen molar-refractivity contribution in [2.24, 2.45) is 0 Å². The number of amides is 1. The second-order valence-corrected chi connectivity index (χ2v) is 8.50. The zero-order valence-electron chi connectivity index (χ0n) is 17.8. The van der Waals surface area contributed by atoms with Crippen LogP contribution in [0.25, 0.3) is 12.2 Å². The van der Waals surface area contributed by atoms with Gasteiger partial charge >= 0.3 is 0 Å². The van der Waals surface area contributed by atoms with Crippen molar-refractivity contribution in [3.63, 3.8) is 0 Å². The lowest BCUT2D eigenvalue weighted by Gasteiger charge is -2.31. The molecule has 1 aliphatic heterocycles. The number of Topliss-reactive ketones (excluding diaryl/α,β-unsaturated/α-hetero) is 1. The normalized spacial score (nSPS) is 17.2. The van der Waals surface area contributed by atoms with Gasteiger partial charge in [-0.25, -0.2) is 0 Å². The number of hydrogen-bond acceptors (Lipinski definition) is 2. The summed E-state index contributed by atoms with van der Waals surface area (Å²) in [5.74, 6) is 0.108. The molecular weight excluding hydrogens is 440 g/mol. The van der Waals surface area contributed by atoms with Gasteiger partial charge in [0.1, 0.15) is 0 Å². The van der Waals surface area contributed by atoms with Crippen LogP contribution in [0.4, 0.5) is 0 Å². The third-order valence-corrected chi connectivity index (χ3v) is 4.94. The summed E-state index contributed by atoms with van der Waals surface area (Å²) in [6.07, 6.45) is 4.27. The largest absolute Gasteiger partial charge is 1.00 e. The molecule has 5 heteroatoms. The van der Waals surface area contributed by atoms with E-state index in [0.717, 1.165) is 22.2 Å². The molecular formula is C25H29BrN2O2. The Morgan fingerprint density at radius 2 is 1.30 bits per heavy atom. The highest BCUT2D eigenvalue weighted by atomic mass is 79.9. The van der Waals surface area contributed by atoms with Gasteiger partial charge in [-0.3, -0.25) is 9.59 Å². The van der Waals surface area contributed by atoms with Crippen LogP contribution in [0, 0.1) is 0 Å². The Morgan fingerprint density at radius 3 is 1.70 bits per heavy atom. The topological polar surface area (TPSA) is 37.4 Å². The van der Waals surface area contributed by atoms with E-state index in [0.29, 0.717) is 30.7 Å². The smallest absolute Gasteiger partial charge is 0.228 e. The fraction of sp³-hybridized carbons (Fsp3) is 0.280. The SMILES string of the molecule is C[N+](C)(C)CCC(=O)N1C/C(=C/c2ccccc2)C(=O)/C(=C\c2ccccc2)C1.[Br-]. The fourth-order valence-corrected chi connectivity index (χ4v) is 3.31. The molecule has 0 spiro atoms. The first-order valence-corrected chi connectivity index (χ1v) is 9.96. The second kappa shape index (κ2) is 10.5. The predicted octanol–water partition coefficient (Wildman–Crippen LogP) is 0.665. The lowest BCUT2D eigenvalue weighted by molar-refractivity contribution is -0.869. The molecule has 0 radical (unpaired) electrons. The highest BCUT2D eigenvalue weighted by Gasteiger charge is 2.29. The quantitative estimate of drug-likeness (QED) is 0.477. The molecule has 0 N–H and O–H groups in total. The van der Waals surface area contributed by atoms with E-state index in [2.05, 4.69) is 21.1 Å². The molecule has 158 valence electrons. The number of likely N-dealkylation sites (tertiary alicyclic amines) is 1. The number of carbonyl (C=O) groups excluding carboxylic acids is 2. The molecule has 4 nitrogen and oxygen atoms in total. The molecule has 1 fully saturated rings. The Labute approximate surface area is 189 Å². The maximum Gasteiger partial charge on any atom is 0.228 e. The lowest BCUT2D eigenvalue weighted by atomic mass is 9.94. The van der Waals surface area contributed by atoms with Crippen molar-refractivity contribution in [3.05, 3.63) is 82.9 Å². The van der Waals surface area contributed by atoms with Gasteiger partial charge in [0, 0.05) is 24.2 Å². The standard InChI is InChI=1S/C25H29N2O2.BrH/c1-27(2,3)15-14-24(28)26-18-22(16-20-10-6-4-7-11-20)25(29)23(19-26)17-21-12-8-5-9-13-21;/h4-13,16-17H,14-15,18-19H2,1-3H3;1H/q+1;/p-1/b22-16-,23-17-;. The number of quaternary nitrogens is 1. The monoisotopic (exact) mass is 468 g/mol. The van der Waals surface area contributed by atoms with Crippen molar-refractivity contribution in [2.45, 2.75) is 6.42 Å². The van der Waals surface area contributed by atoms with Gasteiger partial charge < -0.3 is 26.4 Å². The maximum atomic E-state index is 13.1. The summed E-state index contributed by atoms with van der Waals surface area (Å²) in [5, 5.41) is 0. The van der Waals surface area contributed by atoms with Gasteiger partial charge in [0.05, 0.1) is 34.1 Å². The van der Waals surface area contributed by atoms with Crippen molar-refractivity contribution in [2.75, 3.05) is 40.8 Å². The summed E-state index contributed by atoms with van der Waals surface area (Å²) >= 11 is 0. The predicted molar refractivity (Wildman–Crippen MR) is 118 cm³/mol. The molecule has 1 saturated heterocycles. The first-order chi connectivity index (χ1) is 13.8. The number of carbonyl (C=O) groups is 2. The van der Waals surface area contributed by atoms with Gasteiger partial charge in [-0.1, -0.05) is 60.7 Å². The average molecular weight is 469 g/mol. The van der Waals surface area contributed by atoms with Crippen molar-refractivity contribution in [3.8, 4) is 0 Å². The number of hydrogen-bond donors (Lipinski definition) is 0. The minimum atomic E-state index is 0. The molecule has 1 aliphatic rings. The maximum absolute atomic E-state index is 13.1. The van der Waals surface area contributed by atoms with E-state index in [1.807, 2.05) is 72.8 Å². The van der Waals surface area contributed by atoms with Crippen molar-refractivity contribution >= 4 is 23.8 Å². The summed E-state index contributed by atoms with van der Waals surface area (Å²) in [4.78, 5) is 27.8. The number of rotatable bonds is 5. The van der Waals surface area contributed by atoms with Crippen LogP contribution >= 0.6 is 0 Å². The average Bonchev–Trinajstić information content (AvgIpc) is 2.70. The number of ketones is 1. The molecule has 1 amide bonds. The lowest BCUT2D eigenvalue weighted by Crippen LogP contribution is -3.00. The molecule has 0 saturated carbocycles. The summed E-state index contributed by atoms with van der Waals surface area (Å²) in [6.45, 7) is 1.48. The molecule has 1 heterocycles. The van der Waals surface area contributed by atoms with Gasteiger partial charge in [0.15, 0.2) is 5.78 Å². The first-order valence-electron chi connectivity index (χ1n) is 9.96. The van der Waals surface area contributed by atoms with Crippen molar-refractivity contribution in [1.82, 2.24) is 4.90 Å². The van der Waals surface area contributed by atoms with Gasteiger partial charge in [0.25, 0.3) is 0 Å². The Bertz CT molecular complexity index is 867.